The highest BCUT2D eigenvalue weighted by Gasteiger charge is 2.18. The summed E-state index contributed by atoms with van der Waals surface area (Å²) >= 11 is 0. The minimum absolute atomic E-state index is 0.110. The molecule has 6 nitrogen and oxygen atoms in total. The third-order valence-corrected chi connectivity index (χ3v) is 1.95. The summed E-state index contributed by atoms with van der Waals surface area (Å²) in [6, 6.07) is 0. The van der Waals surface area contributed by atoms with Gasteiger partial charge in [-0.25, -0.2) is 4.57 Å². The van der Waals surface area contributed by atoms with Gasteiger partial charge in [0.05, 0.1) is 6.54 Å². The summed E-state index contributed by atoms with van der Waals surface area (Å²) in [7, 11) is -4.37. The van der Waals surface area contributed by atoms with E-state index in [0.29, 0.717) is 6.54 Å². The van der Waals surface area contributed by atoms with Crippen LogP contribution in [0, 0.1) is 6.54 Å². The van der Waals surface area contributed by atoms with Crippen molar-refractivity contribution in [3.63, 3.8) is 0 Å². The van der Waals surface area contributed by atoms with Gasteiger partial charge in [0.1, 0.15) is 0 Å². The molecule has 1 aliphatic rings. The summed E-state index contributed by atoms with van der Waals surface area (Å²) in [4.78, 5) is 18.4. The Balaban J connectivity index is 2.62. The third-order valence-electron chi connectivity index (χ3n) is 1.48. The van der Waals surface area contributed by atoms with E-state index in [1.807, 2.05) is 0 Å². The summed E-state index contributed by atoms with van der Waals surface area (Å²) in [5.41, 5.74) is 5.32. The van der Waals surface area contributed by atoms with Crippen LogP contribution in [-0.4, -0.2) is 27.2 Å². The van der Waals surface area contributed by atoms with E-state index in [1.54, 1.807) is 11.4 Å². The minimum Gasteiger partial charge on any atom is -0.369 e. The molecule has 1 aliphatic heterocycles. The number of nitrogens with two attached hydrogens (primary N) is 1. The Morgan fingerprint density at radius 2 is 2.33 bits per heavy atom. The van der Waals surface area contributed by atoms with Crippen LogP contribution in [0.3, 0.4) is 0 Å². The monoisotopic (exact) mass is 192 g/mol. The molecule has 1 rings (SSSR count). The second-order valence-electron chi connectivity index (χ2n) is 2.49. The summed E-state index contributed by atoms with van der Waals surface area (Å²) in [6.45, 7) is 2.45. The van der Waals surface area contributed by atoms with Crippen molar-refractivity contribution in [1.82, 2.24) is 4.90 Å². The molecule has 1 radical (unpaired) electrons. The highest BCUT2D eigenvalue weighted by molar-refractivity contribution is 7.50. The van der Waals surface area contributed by atoms with Crippen LogP contribution in [-0.2, 0) is 4.57 Å². The Morgan fingerprint density at radius 1 is 1.67 bits per heavy atom. The quantitative estimate of drug-likeness (QED) is 0.299. The van der Waals surface area contributed by atoms with Gasteiger partial charge in [-0.15, -0.1) is 4.76 Å². The van der Waals surface area contributed by atoms with Gasteiger partial charge in [0.2, 0.25) is 5.96 Å². The molecule has 0 atom stereocenters. The third kappa shape index (κ3) is 2.81. The molecule has 0 spiro atoms. The first-order chi connectivity index (χ1) is 5.49. The number of likely N-dealkylation sites (tertiary alicyclic amines) is 1. The summed E-state index contributed by atoms with van der Waals surface area (Å²) in [5.74, 6) is -0.110. The lowest BCUT2D eigenvalue weighted by molar-refractivity contribution is 0.374. The van der Waals surface area contributed by atoms with Crippen LogP contribution < -0.4 is 5.73 Å². The van der Waals surface area contributed by atoms with Crippen molar-refractivity contribution in [1.29, 1.82) is 0 Å². The van der Waals surface area contributed by atoms with Gasteiger partial charge in [-0.05, 0) is 12.8 Å². The van der Waals surface area contributed by atoms with Crippen LogP contribution in [0.15, 0.2) is 4.76 Å². The summed E-state index contributed by atoms with van der Waals surface area (Å²) in [5, 5.41) is 0. The lowest BCUT2D eigenvalue weighted by Gasteiger charge is -2.14. The Morgan fingerprint density at radius 3 is 2.75 bits per heavy atom. The molecular formula is C5H11N3O3P. The van der Waals surface area contributed by atoms with Crippen LogP contribution in [0.1, 0.15) is 12.8 Å². The molecule has 0 aliphatic carbocycles. The van der Waals surface area contributed by atoms with Crippen LogP contribution in [0.2, 0.25) is 0 Å². The highest BCUT2D eigenvalue weighted by atomic mass is 31.2. The van der Waals surface area contributed by atoms with Crippen LogP contribution in [0.25, 0.3) is 0 Å². The molecule has 0 unspecified atom stereocenters. The van der Waals surface area contributed by atoms with E-state index >= 15 is 0 Å². The van der Waals surface area contributed by atoms with E-state index in [2.05, 4.69) is 4.76 Å². The Hall–Kier alpha value is -0.580. The fourth-order valence-corrected chi connectivity index (χ4v) is 1.38. The molecule has 1 saturated heterocycles. The lowest BCUT2D eigenvalue weighted by atomic mass is 10.4. The Labute approximate surface area is 70.3 Å². The van der Waals surface area contributed by atoms with Crippen molar-refractivity contribution in [2.75, 3.05) is 6.54 Å². The summed E-state index contributed by atoms with van der Waals surface area (Å²) < 4.78 is 13.4. The van der Waals surface area contributed by atoms with E-state index < -0.39 is 7.75 Å². The molecule has 7 heteroatoms. The highest BCUT2D eigenvalue weighted by Crippen LogP contribution is 2.36. The van der Waals surface area contributed by atoms with Gasteiger partial charge < -0.3 is 20.4 Å². The summed E-state index contributed by atoms with van der Waals surface area (Å²) in [6.07, 6.45) is 1.81. The normalized spacial score (nSPS) is 20.2. The van der Waals surface area contributed by atoms with E-state index in [1.165, 1.54) is 0 Å². The van der Waals surface area contributed by atoms with Crippen molar-refractivity contribution in [3.8, 4) is 0 Å². The molecule has 0 saturated carbocycles. The van der Waals surface area contributed by atoms with Crippen molar-refractivity contribution in [3.05, 3.63) is 6.54 Å². The lowest BCUT2D eigenvalue weighted by Crippen LogP contribution is -2.32. The van der Waals surface area contributed by atoms with Gasteiger partial charge in [0, 0.05) is 6.54 Å². The molecule has 4 N–H and O–H groups in total. The van der Waals surface area contributed by atoms with Gasteiger partial charge in [-0.1, -0.05) is 0 Å². The first-order valence-electron chi connectivity index (χ1n) is 3.50. The predicted molar refractivity (Wildman–Crippen MR) is 43.9 cm³/mol. The molecule has 1 fully saturated rings. The molecule has 0 bridgehead atoms. The number of hydrogen-bond donors (Lipinski definition) is 3. The smallest absolute Gasteiger partial charge is 0.369 e. The van der Waals surface area contributed by atoms with E-state index in [0.717, 1.165) is 12.8 Å². The van der Waals surface area contributed by atoms with Crippen LogP contribution in [0.4, 0.5) is 0 Å². The van der Waals surface area contributed by atoms with Crippen molar-refractivity contribution < 1.29 is 14.4 Å². The van der Waals surface area contributed by atoms with Crippen molar-refractivity contribution in [2.45, 2.75) is 12.8 Å². The molecule has 69 valence electrons. The zero-order chi connectivity index (χ0) is 9.19. The zero-order valence-electron chi connectivity index (χ0n) is 6.42. The van der Waals surface area contributed by atoms with E-state index in [4.69, 9.17) is 15.5 Å². The Kier molecular flexibility index (Phi) is 2.72. The van der Waals surface area contributed by atoms with E-state index in [9.17, 15) is 4.57 Å². The average molecular weight is 192 g/mol. The number of guanidine groups is 1. The number of nitrogens with zero attached hydrogens (tertiary/aromatic N) is 2. The van der Waals surface area contributed by atoms with Crippen LogP contribution in [0.5, 0.6) is 0 Å². The maximum Gasteiger partial charge on any atom is 0.451 e. The van der Waals surface area contributed by atoms with Crippen molar-refractivity contribution in [2.24, 2.45) is 10.5 Å². The number of hydrogen-bond acceptors (Lipinski definition) is 1. The van der Waals surface area contributed by atoms with E-state index in [-0.39, 0.29) is 5.96 Å². The topological polar surface area (TPSA) is 99.1 Å². The molecule has 0 aromatic rings. The predicted octanol–water partition coefficient (Wildman–Crippen LogP) is -0.349. The molecule has 12 heavy (non-hydrogen) atoms. The zero-order valence-corrected chi connectivity index (χ0v) is 7.31. The van der Waals surface area contributed by atoms with Gasteiger partial charge in [0.15, 0.2) is 0 Å². The molecule has 0 aromatic heterocycles. The molecule has 1 heterocycles. The minimum atomic E-state index is -4.37. The fraction of sp³-hybridized carbons (Fsp3) is 0.600. The maximum atomic E-state index is 10.4. The van der Waals surface area contributed by atoms with Crippen molar-refractivity contribution >= 4 is 13.7 Å². The second-order valence-corrected chi connectivity index (χ2v) is 3.72. The second kappa shape index (κ2) is 3.43. The van der Waals surface area contributed by atoms with Gasteiger partial charge in [-0.3, -0.25) is 0 Å². The first kappa shape index (κ1) is 9.51. The first-order valence-corrected chi connectivity index (χ1v) is 5.07. The molecule has 0 amide bonds. The maximum absolute atomic E-state index is 10.4. The van der Waals surface area contributed by atoms with Crippen LogP contribution >= 0.6 is 7.75 Å². The standard InChI is InChI=1S/C5H11N3O3P/c6-5(7-12(9,10)11)8-3-1-2-4-8/h3H,1-2,4H2,(H4,6,7,9,10,11). The average Bonchev–Trinajstić information content (AvgIpc) is 2.32. The SMILES string of the molecule is N/C(=N\P(=O)(O)O)N1[CH]CCC1. The Bertz CT molecular complexity index is 230. The van der Waals surface area contributed by atoms with Gasteiger partial charge in [0.25, 0.3) is 0 Å². The fourth-order valence-electron chi connectivity index (χ4n) is 0.999. The van der Waals surface area contributed by atoms with Gasteiger partial charge >= 0.3 is 7.75 Å². The number of rotatable bonds is 1. The largest absolute Gasteiger partial charge is 0.451 e. The molecular weight excluding hydrogens is 181 g/mol. The van der Waals surface area contributed by atoms with Gasteiger partial charge in [-0.2, -0.15) is 0 Å². The molecule has 0 aromatic carbocycles.